The Morgan fingerprint density at radius 2 is 1.60 bits per heavy atom. The number of rotatable bonds is 3. The highest BCUT2D eigenvalue weighted by Gasteiger charge is 2.52. The third-order valence-corrected chi connectivity index (χ3v) is 4.77. The molecule has 2 nitrogen and oxygen atoms in total. The molecule has 4 bridgehead atoms. The third-order valence-electron chi connectivity index (χ3n) is 4.77. The van der Waals surface area contributed by atoms with Crippen LogP contribution < -0.4 is 5.73 Å². The molecule has 0 aliphatic heterocycles. The maximum atomic E-state index is 6.27. The lowest BCUT2D eigenvalue weighted by Crippen LogP contribution is -2.53. The van der Waals surface area contributed by atoms with Gasteiger partial charge in [-0.2, -0.15) is 0 Å². The van der Waals surface area contributed by atoms with Crippen molar-refractivity contribution >= 4 is 0 Å². The van der Waals surface area contributed by atoms with E-state index in [1.165, 1.54) is 38.5 Å². The Morgan fingerprint density at radius 3 is 2.00 bits per heavy atom. The molecular weight excluding hydrogens is 186 g/mol. The van der Waals surface area contributed by atoms with Crippen LogP contribution in [0.3, 0.4) is 0 Å². The first-order valence-electron chi connectivity index (χ1n) is 6.57. The summed E-state index contributed by atoms with van der Waals surface area (Å²) in [6.07, 6.45) is 8.68. The first kappa shape index (κ1) is 10.1. The molecule has 0 amide bonds. The van der Waals surface area contributed by atoms with Crippen molar-refractivity contribution in [3.8, 4) is 0 Å². The van der Waals surface area contributed by atoms with Crippen LogP contribution in [0.25, 0.3) is 0 Å². The Hall–Kier alpha value is -0.0800. The molecule has 0 saturated heterocycles. The van der Waals surface area contributed by atoms with E-state index < -0.39 is 0 Å². The van der Waals surface area contributed by atoms with Crippen molar-refractivity contribution in [2.45, 2.75) is 57.2 Å². The maximum Gasteiger partial charge on any atom is 0.0694 e. The van der Waals surface area contributed by atoms with Gasteiger partial charge in [0.2, 0.25) is 0 Å². The van der Waals surface area contributed by atoms with Crippen LogP contribution in [-0.4, -0.2) is 18.2 Å². The standard InChI is InChI=1S/C13H23NO/c1-9(8-14)15-13-5-10-2-11(6-13)4-12(3-10)7-13/h9-12H,2-8,14H2,1H3/t9-,10?,11?,12?,13?/m1/s1. The fourth-order valence-corrected chi connectivity index (χ4v) is 4.65. The van der Waals surface area contributed by atoms with Crippen LogP contribution in [0.1, 0.15) is 45.4 Å². The molecule has 2 heteroatoms. The fraction of sp³-hybridized carbons (Fsp3) is 1.00. The summed E-state index contributed by atoms with van der Waals surface area (Å²) in [5.41, 5.74) is 5.92. The Morgan fingerprint density at radius 1 is 1.13 bits per heavy atom. The highest BCUT2D eigenvalue weighted by Crippen LogP contribution is 2.57. The van der Waals surface area contributed by atoms with Gasteiger partial charge in [-0.25, -0.2) is 0 Å². The third kappa shape index (κ3) is 1.72. The zero-order valence-corrected chi connectivity index (χ0v) is 9.74. The van der Waals surface area contributed by atoms with Crippen molar-refractivity contribution in [2.24, 2.45) is 23.5 Å². The van der Waals surface area contributed by atoms with E-state index >= 15 is 0 Å². The molecule has 0 unspecified atom stereocenters. The predicted molar refractivity (Wildman–Crippen MR) is 60.5 cm³/mol. The van der Waals surface area contributed by atoms with Crippen molar-refractivity contribution < 1.29 is 4.74 Å². The lowest BCUT2D eigenvalue weighted by molar-refractivity contribution is -0.182. The van der Waals surface area contributed by atoms with Crippen molar-refractivity contribution in [3.05, 3.63) is 0 Å². The molecule has 4 saturated carbocycles. The van der Waals surface area contributed by atoms with Crippen molar-refractivity contribution in [1.82, 2.24) is 0 Å². The molecular formula is C13H23NO. The van der Waals surface area contributed by atoms with E-state index in [0.29, 0.717) is 6.54 Å². The second-order valence-electron chi connectivity index (χ2n) is 6.26. The summed E-state index contributed by atoms with van der Waals surface area (Å²) < 4.78 is 6.27. The first-order chi connectivity index (χ1) is 7.19. The lowest BCUT2D eigenvalue weighted by atomic mass is 9.54. The van der Waals surface area contributed by atoms with Crippen LogP contribution in [0.2, 0.25) is 0 Å². The molecule has 15 heavy (non-hydrogen) atoms. The van der Waals surface area contributed by atoms with Crippen LogP contribution in [0, 0.1) is 17.8 Å². The van der Waals surface area contributed by atoms with E-state index in [-0.39, 0.29) is 11.7 Å². The smallest absolute Gasteiger partial charge is 0.0694 e. The van der Waals surface area contributed by atoms with Crippen LogP contribution in [0.5, 0.6) is 0 Å². The summed E-state index contributed by atoms with van der Waals surface area (Å²) in [5, 5.41) is 0. The second kappa shape index (κ2) is 3.46. The lowest BCUT2D eigenvalue weighted by Gasteiger charge is -2.56. The Balaban J connectivity index is 1.75. The first-order valence-corrected chi connectivity index (χ1v) is 6.57. The fourth-order valence-electron chi connectivity index (χ4n) is 4.65. The van der Waals surface area contributed by atoms with Crippen LogP contribution in [-0.2, 0) is 4.74 Å². The van der Waals surface area contributed by atoms with Crippen molar-refractivity contribution in [2.75, 3.05) is 6.54 Å². The molecule has 4 aliphatic carbocycles. The normalized spacial score (nSPS) is 49.6. The van der Waals surface area contributed by atoms with E-state index in [4.69, 9.17) is 10.5 Å². The van der Waals surface area contributed by atoms with E-state index in [2.05, 4.69) is 6.92 Å². The van der Waals surface area contributed by atoms with Crippen molar-refractivity contribution in [3.63, 3.8) is 0 Å². The highest BCUT2D eigenvalue weighted by atomic mass is 16.5. The zero-order chi connectivity index (χ0) is 10.5. The number of ether oxygens (including phenoxy) is 1. The van der Waals surface area contributed by atoms with Crippen LogP contribution in [0.4, 0.5) is 0 Å². The predicted octanol–water partition coefficient (Wildman–Crippen LogP) is 2.32. The zero-order valence-electron chi connectivity index (χ0n) is 9.74. The summed E-state index contributed by atoms with van der Waals surface area (Å²) in [6.45, 7) is 2.79. The molecule has 4 fully saturated rings. The molecule has 86 valence electrons. The number of hydrogen-bond acceptors (Lipinski definition) is 2. The monoisotopic (exact) mass is 209 g/mol. The van der Waals surface area contributed by atoms with Gasteiger partial charge in [-0.3, -0.25) is 0 Å². The van der Waals surface area contributed by atoms with Crippen LogP contribution in [0.15, 0.2) is 0 Å². The molecule has 0 aromatic heterocycles. The molecule has 0 aromatic carbocycles. The molecule has 4 rings (SSSR count). The summed E-state index contributed by atoms with van der Waals surface area (Å²) in [4.78, 5) is 0. The van der Waals surface area contributed by atoms with Gasteiger partial charge in [0.1, 0.15) is 0 Å². The van der Waals surface area contributed by atoms with E-state index in [0.717, 1.165) is 17.8 Å². The Bertz CT molecular complexity index is 216. The largest absolute Gasteiger partial charge is 0.371 e. The minimum Gasteiger partial charge on any atom is -0.371 e. The molecule has 2 N–H and O–H groups in total. The molecule has 4 aliphatic rings. The number of hydrogen-bond donors (Lipinski definition) is 1. The minimum absolute atomic E-state index is 0.244. The van der Waals surface area contributed by atoms with Gasteiger partial charge in [-0.15, -0.1) is 0 Å². The van der Waals surface area contributed by atoms with Gasteiger partial charge < -0.3 is 10.5 Å². The summed E-state index contributed by atoms with van der Waals surface area (Å²) >= 11 is 0. The summed E-state index contributed by atoms with van der Waals surface area (Å²) in [7, 11) is 0. The molecule has 0 aromatic rings. The van der Waals surface area contributed by atoms with E-state index in [1.54, 1.807) is 0 Å². The maximum absolute atomic E-state index is 6.27. The molecule has 1 atom stereocenters. The average molecular weight is 209 g/mol. The van der Waals surface area contributed by atoms with E-state index in [9.17, 15) is 0 Å². The Labute approximate surface area is 92.6 Å². The topological polar surface area (TPSA) is 35.2 Å². The average Bonchev–Trinajstić information content (AvgIpc) is 2.14. The van der Waals surface area contributed by atoms with Gasteiger partial charge >= 0.3 is 0 Å². The van der Waals surface area contributed by atoms with Gasteiger partial charge in [0.25, 0.3) is 0 Å². The molecule has 0 heterocycles. The quantitative estimate of drug-likeness (QED) is 0.774. The van der Waals surface area contributed by atoms with Gasteiger partial charge in [-0.05, 0) is 63.2 Å². The van der Waals surface area contributed by atoms with Gasteiger partial charge in [0, 0.05) is 6.54 Å². The SMILES string of the molecule is C[C@H](CN)OC12CC3CC(CC(C3)C1)C2. The molecule has 0 spiro atoms. The second-order valence-corrected chi connectivity index (χ2v) is 6.26. The van der Waals surface area contributed by atoms with Gasteiger partial charge in [0.05, 0.1) is 11.7 Å². The minimum atomic E-state index is 0.244. The summed E-state index contributed by atoms with van der Waals surface area (Å²) in [6, 6.07) is 0. The van der Waals surface area contributed by atoms with Crippen LogP contribution >= 0.6 is 0 Å². The van der Waals surface area contributed by atoms with Gasteiger partial charge in [-0.1, -0.05) is 0 Å². The highest BCUT2D eigenvalue weighted by molar-refractivity contribution is 5.03. The van der Waals surface area contributed by atoms with Gasteiger partial charge in [0.15, 0.2) is 0 Å². The number of nitrogens with two attached hydrogens (primary N) is 1. The molecule has 0 radical (unpaired) electrons. The van der Waals surface area contributed by atoms with Crippen molar-refractivity contribution in [1.29, 1.82) is 0 Å². The van der Waals surface area contributed by atoms with E-state index in [1.807, 2.05) is 0 Å². The summed E-state index contributed by atoms with van der Waals surface area (Å²) in [5.74, 6) is 2.92. The Kier molecular flexibility index (Phi) is 2.33.